The Labute approximate surface area is 92.6 Å². The van der Waals surface area contributed by atoms with Crippen LogP contribution in [0.4, 0.5) is 0 Å². The highest BCUT2D eigenvalue weighted by atomic mass is 16.5. The zero-order chi connectivity index (χ0) is 11.3. The van der Waals surface area contributed by atoms with Crippen LogP contribution in [0.25, 0.3) is 0 Å². The molecule has 0 heterocycles. The van der Waals surface area contributed by atoms with E-state index in [4.69, 9.17) is 0 Å². The third kappa shape index (κ3) is 3.82. The van der Waals surface area contributed by atoms with Crippen molar-refractivity contribution in [1.29, 1.82) is 0 Å². The molecule has 0 aromatic rings. The maximum atomic E-state index is 10.9. The molecular weight excluding hydrogens is 190 g/mol. The molecule has 1 rings (SSSR count). The van der Waals surface area contributed by atoms with E-state index >= 15 is 0 Å². The summed E-state index contributed by atoms with van der Waals surface area (Å²) in [7, 11) is 1.44. The van der Waals surface area contributed by atoms with E-state index in [1.54, 1.807) is 0 Å². The van der Waals surface area contributed by atoms with E-state index in [0.717, 1.165) is 13.0 Å². The van der Waals surface area contributed by atoms with Crippen LogP contribution in [-0.2, 0) is 9.53 Å². The minimum absolute atomic E-state index is 0.109. The lowest BCUT2D eigenvalue weighted by atomic mass is 9.87. The van der Waals surface area contributed by atoms with Gasteiger partial charge in [0.05, 0.1) is 7.11 Å². The molecule has 1 unspecified atom stereocenters. The van der Waals surface area contributed by atoms with Crippen molar-refractivity contribution in [3.63, 3.8) is 0 Å². The Balaban J connectivity index is 2.12. The number of hydrogen-bond acceptors (Lipinski definition) is 3. The van der Waals surface area contributed by atoms with Gasteiger partial charge in [-0.3, -0.25) is 4.79 Å². The van der Waals surface area contributed by atoms with E-state index in [9.17, 15) is 4.79 Å². The maximum absolute atomic E-state index is 10.9. The SMILES string of the molecule is COC(=O)CCCNC1CCCC1(C)C. The van der Waals surface area contributed by atoms with Crippen LogP contribution in [0, 0.1) is 5.41 Å². The number of carbonyl (C=O) groups is 1. The topological polar surface area (TPSA) is 38.3 Å². The van der Waals surface area contributed by atoms with Gasteiger partial charge in [-0.2, -0.15) is 0 Å². The van der Waals surface area contributed by atoms with Crippen molar-refractivity contribution < 1.29 is 9.53 Å². The van der Waals surface area contributed by atoms with Gasteiger partial charge in [-0.15, -0.1) is 0 Å². The van der Waals surface area contributed by atoms with E-state index in [2.05, 4.69) is 23.9 Å². The minimum atomic E-state index is -0.109. The molecule has 1 atom stereocenters. The van der Waals surface area contributed by atoms with Crippen molar-refractivity contribution in [3.8, 4) is 0 Å². The lowest BCUT2D eigenvalue weighted by Crippen LogP contribution is -2.38. The summed E-state index contributed by atoms with van der Waals surface area (Å²) in [4.78, 5) is 10.9. The molecule has 3 heteroatoms. The summed E-state index contributed by atoms with van der Waals surface area (Å²) >= 11 is 0. The Morgan fingerprint density at radius 1 is 1.53 bits per heavy atom. The Hall–Kier alpha value is -0.570. The van der Waals surface area contributed by atoms with Crippen molar-refractivity contribution in [3.05, 3.63) is 0 Å². The van der Waals surface area contributed by atoms with E-state index in [1.807, 2.05) is 0 Å². The summed E-state index contributed by atoms with van der Waals surface area (Å²) in [6.45, 7) is 5.55. The van der Waals surface area contributed by atoms with Gasteiger partial charge in [0.1, 0.15) is 0 Å². The van der Waals surface area contributed by atoms with Crippen LogP contribution < -0.4 is 5.32 Å². The molecule has 0 saturated heterocycles. The first-order valence-corrected chi connectivity index (χ1v) is 5.86. The van der Waals surface area contributed by atoms with Crippen LogP contribution in [0.5, 0.6) is 0 Å². The molecule has 0 radical (unpaired) electrons. The summed E-state index contributed by atoms with van der Waals surface area (Å²) in [5.74, 6) is -0.109. The molecule has 0 aromatic heterocycles. The van der Waals surface area contributed by atoms with Crippen molar-refractivity contribution in [2.75, 3.05) is 13.7 Å². The number of ether oxygens (including phenoxy) is 1. The second kappa shape index (κ2) is 5.50. The Bertz CT molecular complexity index is 214. The fourth-order valence-corrected chi connectivity index (χ4v) is 2.32. The van der Waals surface area contributed by atoms with Gasteiger partial charge >= 0.3 is 5.97 Å². The fourth-order valence-electron chi connectivity index (χ4n) is 2.32. The third-order valence-electron chi connectivity index (χ3n) is 3.43. The molecule has 0 spiro atoms. The average Bonchev–Trinajstić information content (AvgIpc) is 2.52. The largest absolute Gasteiger partial charge is 0.469 e. The molecular formula is C12H23NO2. The predicted molar refractivity (Wildman–Crippen MR) is 60.7 cm³/mol. The first-order chi connectivity index (χ1) is 7.06. The van der Waals surface area contributed by atoms with Crippen LogP contribution >= 0.6 is 0 Å². The molecule has 1 aliphatic carbocycles. The first kappa shape index (κ1) is 12.5. The van der Waals surface area contributed by atoms with Gasteiger partial charge in [0, 0.05) is 12.5 Å². The highest BCUT2D eigenvalue weighted by molar-refractivity contribution is 5.69. The van der Waals surface area contributed by atoms with Gasteiger partial charge in [0.25, 0.3) is 0 Å². The van der Waals surface area contributed by atoms with Gasteiger partial charge < -0.3 is 10.1 Å². The number of carbonyl (C=O) groups excluding carboxylic acids is 1. The Morgan fingerprint density at radius 2 is 2.27 bits per heavy atom. The number of esters is 1. The van der Waals surface area contributed by atoms with Crippen molar-refractivity contribution in [2.45, 2.75) is 52.0 Å². The van der Waals surface area contributed by atoms with E-state index in [0.29, 0.717) is 17.9 Å². The highest BCUT2D eigenvalue weighted by Crippen LogP contribution is 2.36. The molecule has 0 amide bonds. The van der Waals surface area contributed by atoms with E-state index in [1.165, 1.54) is 26.4 Å². The quantitative estimate of drug-likeness (QED) is 0.561. The molecule has 1 saturated carbocycles. The molecule has 0 aliphatic heterocycles. The van der Waals surface area contributed by atoms with Crippen molar-refractivity contribution >= 4 is 5.97 Å². The Kier molecular flexibility index (Phi) is 4.58. The van der Waals surface area contributed by atoms with Gasteiger partial charge in [-0.1, -0.05) is 20.3 Å². The third-order valence-corrected chi connectivity index (χ3v) is 3.43. The summed E-state index contributed by atoms with van der Waals surface area (Å²) in [5, 5.41) is 3.54. The highest BCUT2D eigenvalue weighted by Gasteiger charge is 2.33. The van der Waals surface area contributed by atoms with E-state index in [-0.39, 0.29) is 5.97 Å². The van der Waals surface area contributed by atoms with Gasteiger partial charge in [0.15, 0.2) is 0 Å². The first-order valence-electron chi connectivity index (χ1n) is 5.86. The number of nitrogens with one attached hydrogen (secondary N) is 1. The molecule has 1 fully saturated rings. The molecule has 1 N–H and O–H groups in total. The van der Waals surface area contributed by atoms with E-state index < -0.39 is 0 Å². The maximum Gasteiger partial charge on any atom is 0.305 e. The second-order valence-electron chi connectivity index (χ2n) is 5.07. The lowest BCUT2D eigenvalue weighted by Gasteiger charge is -2.27. The normalized spacial score (nSPS) is 24.1. The standard InChI is InChI=1S/C12H23NO2/c1-12(2)8-4-6-10(12)13-9-5-7-11(14)15-3/h10,13H,4-9H2,1-3H3. The molecule has 0 aromatic carbocycles. The monoisotopic (exact) mass is 213 g/mol. The predicted octanol–water partition coefficient (Wildman–Crippen LogP) is 2.11. The fraction of sp³-hybridized carbons (Fsp3) is 0.917. The van der Waals surface area contributed by atoms with Crippen molar-refractivity contribution in [2.24, 2.45) is 5.41 Å². The van der Waals surface area contributed by atoms with Gasteiger partial charge in [0.2, 0.25) is 0 Å². The van der Waals surface area contributed by atoms with Crippen LogP contribution in [0.15, 0.2) is 0 Å². The second-order valence-corrected chi connectivity index (χ2v) is 5.07. The smallest absolute Gasteiger partial charge is 0.305 e. The summed E-state index contributed by atoms with van der Waals surface area (Å²) in [5.41, 5.74) is 0.422. The van der Waals surface area contributed by atoms with Gasteiger partial charge in [-0.05, 0) is 31.2 Å². The summed E-state index contributed by atoms with van der Waals surface area (Å²) in [6, 6.07) is 0.621. The molecule has 88 valence electrons. The number of methoxy groups -OCH3 is 1. The average molecular weight is 213 g/mol. The minimum Gasteiger partial charge on any atom is -0.469 e. The summed E-state index contributed by atoms with van der Waals surface area (Å²) in [6.07, 6.45) is 5.30. The molecule has 3 nitrogen and oxygen atoms in total. The lowest BCUT2D eigenvalue weighted by molar-refractivity contribution is -0.140. The zero-order valence-corrected chi connectivity index (χ0v) is 10.1. The summed E-state index contributed by atoms with van der Waals surface area (Å²) < 4.78 is 4.60. The number of hydrogen-bond donors (Lipinski definition) is 1. The van der Waals surface area contributed by atoms with Crippen molar-refractivity contribution in [1.82, 2.24) is 5.32 Å². The zero-order valence-electron chi connectivity index (χ0n) is 10.1. The molecule has 15 heavy (non-hydrogen) atoms. The van der Waals surface area contributed by atoms with Crippen LogP contribution in [0.3, 0.4) is 0 Å². The molecule has 0 bridgehead atoms. The van der Waals surface area contributed by atoms with Crippen LogP contribution in [-0.4, -0.2) is 25.7 Å². The van der Waals surface area contributed by atoms with Crippen LogP contribution in [0.2, 0.25) is 0 Å². The van der Waals surface area contributed by atoms with Crippen LogP contribution in [0.1, 0.15) is 46.0 Å². The van der Waals surface area contributed by atoms with Gasteiger partial charge in [-0.25, -0.2) is 0 Å². The Morgan fingerprint density at radius 3 is 2.80 bits per heavy atom. The molecule has 1 aliphatic rings. The number of rotatable bonds is 5.